The van der Waals surface area contributed by atoms with Crippen LogP contribution >= 0.6 is 0 Å². The molecule has 0 N–H and O–H groups in total. The third-order valence-corrected chi connectivity index (χ3v) is 7.38. The van der Waals surface area contributed by atoms with Gasteiger partial charge in [-0.3, -0.25) is 0 Å². The van der Waals surface area contributed by atoms with E-state index in [0.717, 1.165) is 0 Å². The van der Waals surface area contributed by atoms with Crippen molar-refractivity contribution in [3.05, 3.63) is 129 Å². The molecule has 0 aliphatic heterocycles. The zero-order valence-corrected chi connectivity index (χ0v) is 18.1. The fourth-order valence-electron chi connectivity index (χ4n) is 6.14. The van der Waals surface area contributed by atoms with Gasteiger partial charge in [-0.2, -0.15) is 0 Å². The number of aryl methyl sites for hydroxylation is 2. The van der Waals surface area contributed by atoms with E-state index < -0.39 is 0 Å². The molecule has 0 heteroatoms. The monoisotopic (exact) mass is 386 g/mol. The lowest BCUT2D eigenvalue weighted by Gasteiger charge is -2.36. The van der Waals surface area contributed by atoms with E-state index in [-0.39, 0.29) is 10.8 Å². The van der Waals surface area contributed by atoms with Crippen molar-refractivity contribution < 1.29 is 0 Å². The highest BCUT2D eigenvalue weighted by Crippen LogP contribution is 2.64. The summed E-state index contributed by atoms with van der Waals surface area (Å²) in [5.41, 5.74) is 14.0. The Balaban J connectivity index is 1.88. The fourth-order valence-corrected chi connectivity index (χ4v) is 6.14. The van der Waals surface area contributed by atoms with Crippen molar-refractivity contribution in [3.8, 4) is 11.1 Å². The topological polar surface area (TPSA) is 0 Å². The molecule has 0 amide bonds. The van der Waals surface area contributed by atoms with Crippen LogP contribution in [0.1, 0.15) is 58.4 Å². The maximum absolute atomic E-state index is 2.44. The van der Waals surface area contributed by atoms with E-state index in [1.165, 1.54) is 55.6 Å². The highest BCUT2D eigenvalue weighted by Gasteiger charge is 2.52. The number of hydrogen-bond donors (Lipinski definition) is 0. The highest BCUT2D eigenvalue weighted by molar-refractivity contribution is 5.95. The van der Waals surface area contributed by atoms with E-state index >= 15 is 0 Å². The summed E-state index contributed by atoms with van der Waals surface area (Å²) in [6.07, 6.45) is 0. The van der Waals surface area contributed by atoms with Gasteiger partial charge in [-0.1, -0.05) is 110 Å². The maximum Gasteiger partial charge on any atom is 0.0713 e. The maximum atomic E-state index is 2.44. The molecule has 0 unspecified atom stereocenters. The van der Waals surface area contributed by atoms with Crippen LogP contribution in [0.25, 0.3) is 11.1 Å². The first kappa shape index (κ1) is 17.7. The molecule has 0 saturated carbocycles. The number of benzene rings is 4. The molecule has 0 heterocycles. The Morgan fingerprint density at radius 1 is 0.500 bits per heavy atom. The summed E-state index contributed by atoms with van der Waals surface area (Å²) in [6.45, 7) is 9.28. The summed E-state index contributed by atoms with van der Waals surface area (Å²) < 4.78 is 0. The minimum absolute atomic E-state index is 0.0335. The lowest BCUT2D eigenvalue weighted by molar-refractivity contribution is 0.650. The average molecular weight is 387 g/mol. The van der Waals surface area contributed by atoms with Crippen molar-refractivity contribution in [1.29, 1.82) is 0 Å². The first-order chi connectivity index (χ1) is 14.5. The van der Waals surface area contributed by atoms with E-state index in [9.17, 15) is 0 Å². The van der Waals surface area contributed by atoms with E-state index in [1.807, 2.05) is 0 Å². The Bertz CT molecular complexity index is 1200. The normalized spacial score (nSPS) is 16.5. The van der Waals surface area contributed by atoms with Crippen LogP contribution in [0.5, 0.6) is 0 Å². The quantitative estimate of drug-likeness (QED) is 0.298. The zero-order valence-electron chi connectivity index (χ0n) is 18.1. The molecule has 30 heavy (non-hydrogen) atoms. The zero-order chi connectivity index (χ0) is 20.7. The Hall–Kier alpha value is -3.12. The van der Waals surface area contributed by atoms with Crippen LogP contribution in [-0.4, -0.2) is 0 Å². The summed E-state index contributed by atoms with van der Waals surface area (Å²) in [7, 11) is 0. The highest BCUT2D eigenvalue weighted by atomic mass is 14.5. The predicted octanol–water partition coefficient (Wildman–Crippen LogP) is 7.31. The van der Waals surface area contributed by atoms with Gasteiger partial charge in [0, 0.05) is 5.41 Å². The number of hydrogen-bond acceptors (Lipinski definition) is 0. The molecule has 0 radical (unpaired) electrons. The van der Waals surface area contributed by atoms with E-state index in [0.29, 0.717) is 0 Å². The Morgan fingerprint density at radius 2 is 0.867 bits per heavy atom. The Kier molecular flexibility index (Phi) is 3.38. The summed E-state index contributed by atoms with van der Waals surface area (Å²) in [5.74, 6) is 0. The summed E-state index contributed by atoms with van der Waals surface area (Å²) in [4.78, 5) is 0. The molecule has 6 rings (SSSR count). The fraction of sp³-hybridized carbons (Fsp3) is 0.200. The van der Waals surface area contributed by atoms with E-state index in [2.05, 4.69) is 113 Å². The molecule has 2 aliphatic rings. The molecule has 0 fully saturated rings. The van der Waals surface area contributed by atoms with Gasteiger partial charge in [0.25, 0.3) is 0 Å². The van der Waals surface area contributed by atoms with Crippen molar-refractivity contribution in [3.63, 3.8) is 0 Å². The lowest BCUT2D eigenvalue weighted by Crippen LogP contribution is -2.30. The van der Waals surface area contributed by atoms with Gasteiger partial charge in [0.15, 0.2) is 0 Å². The van der Waals surface area contributed by atoms with Crippen LogP contribution in [0.2, 0.25) is 0 Å². The van der Waals surface area contributed by atoms with Crippen molar-refractivity contribution >= 4 is 0 Å². The Labute approximate surface area is 179 Å². The minimum atomic E-state index is -0.273. The molecule has 0 atom stereocenters. The SMILES string of the molecule is Cc1cc2c3c(c1)C(c1ccccc1)(c1ccccc1)c1cc(C)cc(c1-3)C2(C)C. The molecule has 0 aromatic heterocycles. The molecule has 146 valence electrons. The van der Waals surface area contributed by atoms with Crippen LogP contribution in [0.4, 0.5) is 0 Å². The Morgan fingerprint density at radius 3 is 1.27 bits per heavy atom. The van der Waals surface area contributed by atoms with E-state index in [4.69, 9.17) is 0 Å². The van der Waals surface area contributed by atoms with Crippen LogP contribution in [0.3, 0.4) is 0 Å². The van der Waals surface area contributed by atoms with Gasteiger partial charge in [-0.25, -0.2) is 0 Å². The molecular formula is C30H26. The van der Waals surface area contributed by atoms with Crippen molar-refractivity contribution in [2.45, 2.75) is 38.5 Å². The first-order valence-corrected chi connectivity index (χ1v) is 10.9. The van der Waals surface area contributed by atoms with Crippen molar-refractivity contribution in [2.24, 2.45) is 0 Å². The molecule has 0 nitrogen and oxygen atoms in total. The molecular weight excluding hydrogens is 360 g/mol. The predicted molar refractivity (Wildman–Crippen MR) is 125 cm³/mol. The van der Waals surface area contributed by atoms with Gasteiger partial charge in [0.05, 0.1) is 5.41 Å². The third-order valence-electron chi connectivity index (χ3n) is 7.38. The first-order valence-electron chi connectivity index (χ1n) is 10.9. The van der Waals surface area contributed by atoms with Crippen LogP contribution in [-0.2, 0) is 10.8 Å². The molecule has 4 aromatic carbocycles. The van der Waals surface area contributed by atoms with Gasteiger partial charge in [-0.05, 0) is 58.4 Å². The second kappa shape index (κ2) is 5.73. The molecule has 0 spiro atoms. The van der Waals surface area contributed by atoms with Gasteiger partial charge in [-0.15, -0.1) is 0 Å². The van der Waals surface area contributed by atoms with Gasteiger partial charge in [0.1, 0.15) is 0 Å². The van der Waals surface area contributed by atoms with Gasteiger partial charge >= 0.3 is 0 Å². The lowest BCUT2D eigenvalue weighted by atomic mass is 9.65. The van der Waals surface area contributed by atoms with Crippen LogP contribution in [0.15, 0.2) is 84.9 Å². The van der Waals surface area contributed by atoms with Crippen molar-refractivity contribution in [2.75, 3.05) is 0 Å². The second-order valence-corrected chi connectivity index (χ2v) is 9.58. The molecule has 2 aliphatic carbocycles. The van der Waals surface area contributed by atoms with Gasteiger partial charge < -0.3 is 0 Å². The minimum Gasteiger partial charge on any atom is -0.0622 e. The largest absolute Gasteiger partial charge is 0.0713 e. The third kappa shape index (κ3) is 1.97. The molecule has 0 saturated heterocycles. The smallest absolute Gasteiger partial charge is 0.0622 e. The summed E-state index contributed by atoms with van der Waals surface area (Å²) in [5, 5.41) is 0. The molecule has 4 aromatic rings. The van der Waals surface area contributed by atoms with Crippen LogP contribution < -0.4 is 0 Å². The molecule has 0 bridgehead atoms. The average Bonchev–Trinajstić information content (AvgIpc) is 3.15. The van der Waals surface area contributed by atoms with Crippen molar-refractivity contribution in [1.82, 2.24) is 0 Å². The summed E-state index contributed by atoms with van der Waals surface area (Å²) >= 11 is 0. The number of rotatable bonds is 2. The second-order valence-electron chi connectivity index (χ2n) is 9.58. The summed E-state index contributed by atoms with van der Waals surface area (Å²) in [6, 6.07) is 31.9. The standard InChI is InChI=1S/C30H26/c1-19-15-23-27-25(17-19)30(21-11-7-5-8-12-21,22-13-9-6-10-14-22)26-18-20(2)16-24(28(26)27)29(23,3)4/h5-18H,1-4H3. The van der Waals surface area contributed by atoms with Crippen LogP contribution in [0, 0.1) is 13.8 Å². The van der Waals surface area contributed by atoms with E-state index in [1.54, 1.807) is 0 Å². The van der Waals surface area contributed by atoms with Gasteiger partial charge in [0.2, 0.25) is 0 Å².